The zero-order valence-corrected chi connectivity index (χ0v) is 14.9. The van der Waals surface area contributed by atoms with Crippen LogP contribution in [0.25, 0.3) is 0 Å². The van der Waals surface area contributed by atoms with Gasteiger partial charge in [-0.1, -0.05) is 37.5 Å². The zero-order valence-electron chi connectivity index (χ0n) is 14.9. The second-order valence-electron chi connectivity index (χ2n) is 7.27. The molecule has 4 nitrogen and oxygen atoms in total. The Balaban J connectivity index is 1.59. The van der Waals surface area contributed by atoms with Crippen LogP contribution >= 0.6 is 0 Å². The van der Waals surface area contributed by atoms with Crippen LogP contribution in [0, 0.1) is 5.41 Å². The van der Waals surface area contributed by atoms with E-state index in [4.69, 9.17) is 4.74 Å². The highest BCUT2D eigenvalue weighted by atomic mass is 16.5. The average Bonchev–Trinajstić information content (AvgIpc) is 2.62. The fourth-order valence-corrected chi connectivity index (χ4v) is 4.45. The minimum Gasteiger partial charge on any atom is -0.378 e. The second kappa shape index (κ2) is 7.66. The Labute approximate surface area is 145 Å². The molecule has 1 aromatic rings. The van der Waals surface area contributed by atoms with Crippen LogP contribution < -0.4 is 10.6 Å². The van der Waals surface area contributed by atoms with Crippen LogP contribution in [0.5, 0.6) is 0 Å². The lowest BCUT2D eigenvalue weighted by Gasteiger charge is -2.58. The van der Waals surface area contributed by atoms with Crippen LogP contribution in [0.15, 0.2) is 30.3 Å². The van der Waals surface area contributed by atoms with Crippen molar-refractivity contribution in [3.8, 4) is 0 Å². The maximum absolute atomic E-state index is 12.5. The predicted molar refractivity (Wildman–Crippen MR) is 97.0 cm³/mol. The lowest BCUT2D eigenvalue weighted by molar-refractivity contribution is -0.153. The van der Waals surface area contributed by atoms with Gasteiger partial charge in [0, 0.05) is 23.8 Å². The highest BCUT2D eigenvalue weighted by Crippen LogP contribution is 2.53. The second-order valence-corrected chi connectivity index (χ2v) is 7.27. The summed E-state index contributed by atoms with van der Waals surface area (Å²) in [5.41, 5.74) is 1.10. The lowest BCUT2D eigenvalue weighted by atomic mass is 9.55. The number of nitrogens with one attached hydrogen (secondary N) is 2. The SMILES string of the molecule is CCOC1CC(NC(C)C(=O)Nc2ccccc2)C12CCCCC2. The Hall–Kier alpha value is -1.39. The number of hydrogen-bond donors (Lipinski definition) is 2. The molecule has 2 aliphatic rings. The molecule has 4 heteroatoms. The molecule has 1 aromatic carbocycles. The number of carbonyl (C=O) groups excluding carboxylic acids is 1. The van der Waals surface area contributed by atoms with Gasteiger partial charge < -0.3 is 15.4 Å². The van der Waals surface area contributed by atoms with Crippen LogP contribution in [0.2, 0.25) is 0 Å². The molecular formula is C20H30N2O2. The molecule has 3 rings (SSSR count). The van der Waals surface area contributed by atoms with Crippen LogP contribution in [0.4, 0.5) is 5.69 Å². The van der Waals surface area contributed by atoms with Gasteiger partial charge in [0.15, 0.2) is 0 Å². The van der Waals surface area contributed by atoms with Gasteiger partial charge in [-0.25, -0.2) is 0 Å². The minimum atomic E-state index is -0.198. The Morgan fingerprint density at radius 3 is 2.62 bits per heavy atom. The van der Waals surface area contributed by atoms with E-state index in [0.717, 1.165) is 18.7 Å². The standard InChI is InChI=1S/C20H30N2O2/c1-3-24-18-14-17(20(18)12-8-5-9-13-20)21-15(2)19(23)22-16-10-6-4-7-11-16/h4,6-7,10-11,15,17-18,21H,3,5,8-9,12-14H2,1-2H3,(H,22,23). The molecule has 0 aliphatic heterocycles. The molecule has 2 N–H and O–H groups in total. The van der Waals surface area contributed by atoms with Crippen LogP contribution in [0.3, 0.4) is 0 Å². The van der Waals surface area contributed by atoms with Crippen molar-refractivity contribution in [1.29, 1.82) is 0 Å². The molecule has 3 unspecified atom stereocenters. The summed E-state index contributed by atoms with van der Waals surface area (Å²) in [4.78, 5) is 12.5. The molecule has 0 heterocycles. The van der Waals surface area contributed by atoms with Crippen molar-refractivity contribution in [3.05, 3.63) is 30.3 Å². The molecule has 0 aromatic heterocycles. The van der Waals surface area contributed by atoms with E-state index < -0.39 is 0 Å². The predicted octanol–water partition coefficient (Wildman–Crippen LogP) is 3.73. The first-order chi connectivity index (χ1) is 11.7. The van der Waals surface area contributed by atoms with E-state index in [1.165, 1.54) is 32.1 Å². The van der Waals surface area contributed by atoms with Crippen molar-refractivity contribution in [1.82, 2.24) is 5.32 Å². The summed E-state index contributed by atoms with van der Waals surface area (Å²) in [5, 5.41) is 6.58. The third kappa shape index (κ3) is 3.50. The van der Waals surface area contributed by atoms with E-state index in [0.29, 0.717) is 12.1 Å². The Bertz CT molecular complexity index is 540. The number of anilines is 1. The third-order valence-electron chi connectivity index (χ3n) is 5.82. The number of benzene rings is 1. The average molecular weight is 330 g/mol. The monoisotopic (exact) mass is 330 g/mol. The lowest BCUT2D eigenvalue weighted by Crippen LogP contribution is -2.66. The zero-order chi connectivity index (χ0) is 17.0. The normalized spacial score (nSPS) is 26.6. The van der Waals surface area contributed by atoms with Gasteiger partial charge in [-0.15, -0.1) is 0 Å². The van der Waals surface area contributed by atoms with Crippen LogP contribution in [-0.2, 0) is 9.53 Å². The number of para-hydroxylation sites is 1. The highest BCUT2D eigenvalue weighted by molar-refractivity contribution is 5.94. The maximum Gasteiger partial charge on any atom is 0.241 e. The molecule has 132 valence electrons. The highest BCUT2D eigenvalue weighted by Gasteiger charge is 2.55. The van der Waals surface area contributed by atoms with E-state index >= 15 is 0 Å². The van der Waals surface area contributed by atoms with Gasteiger partial charge in [-0.05, 0) is 45.2 Å². The van der Waals surface area contributed by atoms with E-state index in [-0.39, 0.29) is 17.4 Å². The summed E-state index contributed by atoms with van der Waals surface area (Å²) in [6.07, 6.45) is 7.74. The maximum atomic E-state index is 12.5. The number of carbonyl (C=O) groups is 1. The first-order valence-electron chi connectivity index (χ1n) is 9.39. The largest absolute Gasteiger partial charge is 0.378 e. The van der Waals surface area contributed by atoms with Crippen molar-refractivity contribution in [2.75, 3.05) is 11.9 Å². The Morgan fingerprint density at radius 1 is 1.25 bits per heavy atom. The third-order valence-corrected chi connectivity index (χ3v) is 5.82. The molecule has 2 fully saturated rings. The van der Waals surface area contributed by atoms with Crippen molar-refractivity contribution >= 4 is 11.6 Å². The van der Waals surface area contributed by atoms with Gasteiger partial charge in [0.2, 0.25) is 5.91 Å². The van der Waals surface area contributed by atoms with Gasteiger partial charge in [0.05, 0.1) is 12.1 Å². The van der Waals surface area contributed by atoms with E-state index in [9.17, 15) is 4.79 Å². The van der Waals surface area contributed by atoms with Crippen molar-refractivity contribution < 1.29 is 9.53 Å². The first kappa shape index (κ1) is 17.4. The smallest absolute Gasteiger partial charge is 0.241 e. The van der Waals surface area contributed by atoms with Crippen LogP contribution in [0.1, 0.15) is 52.4 Å². The van der Waals surface area contributed by atoms with Crippen molar-refractivity contribution in [2.24, 2.45) is 5.41 Å². The molecule has 1 amide bonds. The number of rotatable bonds is 6. The molecule has 0 bridgehead atoms. The summed E-state index contributed by atoms with van der Waals surface area (Å²) in [6.45, 7) is 4.82. The van der Waals surface area contributed by atoms with Gasteiger partial charge in [0.1, 0.15) is 0 Å². The molecule has 1 spiro atoms. The molecule has 3 atom stereocenters. The minimum absolute atomic E-state index is 0.0343. The van der Waals surface area contributed by atoms with E-state index in [1.54, 1.807) is 0 Å². The van der Waals surface area contributed by atoms with E-state index in [2.05, 4.69) is 17.6 Å². The first-order valence-corrected chi connectivity index (χ1v) is 9.39. The summed E-state index contributed by atoms with van der Waals surface area (Å²) in [6, 6.07) is 9.85. The van der Waals surface area contributed by atoms with Gasteiger partial charge in [-0.3, -0.25) is 4.79 Å². The van der Waals surface area contributed by atoms with Crippen LogP contribution in [-0.4, -0.2) is 30.7 Å². The Kier molecular flexibility index (Phi) is 5.57. The Morgan fingerprint density at radius 2 is 1.96 bits per heavy atom. The molecule has 0 saturated heterocycles. The molecule has 24 heavy (non-hydrogen) atoms. The van der Waals surface area contributed by atoms with Gasteiger partial charge in [-0.2, -0.15) is 0 Å². The summed E-state index contributed by atoms with van der Waals surface area (Å²) < 4.78 is 6.00. The fourth-order valence-electron chi connectivity index (χ4n) is 4.45. The molecule has 2 aliphatic carbocycles. The summed E-state index contributed by atoms with van der Waals surface area (Å²) >= 11 is 0. The van der Waals surface area contributed by atoms with Gasteiger partial charge >= 0.3 is 0 Å². The number of amides is 1. The van der Waals surface area contributed by atoms with Crippen molar-refractivity contribution in [3.63, 3.8) is 0 Å². The quantitative estimate of drug-likeness (QED) is 0.835. The summed E-state index contributed by atoms with van der Waals surface area (Å²) in [7, 11) is 0. The molecule has 0 radical (unpaired) electrons. The topological polar surface area (TPSA) is 50.4 Å². The van der Waals surface area contributed by atoms with Gasteiger partial charge in [0.25, 0.3) is 0 Å². The van der Waals surface area contributed by atoms with Crippen molar-refractivity contribution in [2.45, 2.75) is 70.6 Å². The fraction of sp³-hybridized carbons (Fsp3) is 0.650. The number of ether oxygens (including phenoxy) is 1. The molecule has 2 saturated carbocycles. The number of hydrogen-bond acceptors (Lipinski definition) is 3. The van der Waals surface area contributed by atoms with E-state index in [1.807, 2.05) is 37.3 Å². The molecular weight excluding hydrogens is 300 g/mol. The summed E-state index contributed by atoms with van der Waals surface area (Å²) in [5.74, 6) is 0.0343.